The summed E-state index contributed by atoms with van der Waals surface area (Å²) < 4.78 is 0. The van der Waals surface area contributed by atoms with E-state index < -0.39 is 0 Å². The quantitative estimate of drug-likeness (QED) is 0.675. The molecule has 2 aliphatic rings. The lowest BCUT2D eigenvalue weighted by molar-refractivity contribution is -0.119. The van der Waals surface area contributed by atoms with E-state index in [1.165, 1.54) is 12.8 Å². The molecular weight excluding hydrogens is 286 g/mol. The Morgan fingerprint density at radius 1 is 1.43 bits per heavy atom. The summed E-state index contributed by atoms with van der Waals surface area (Å²) in [4.78, 5) is 32.2. The van der Waals surface area contributed by atoms with Crippen LogP contribution >= 0.6 is 11.8 Å². The van der Waals surface area contributed by atoms with Gasteiger partial charge in [-0.15, -0.1) is 0 Å². The third-order valence-corrected chi connectivity index (χ3v) is 4.62. The summed E-state index contributed by atoms with van der Waals surface area (Å²) in [5.41, 5.74) is 0.703. The van der Waals surface area contributed by atoms with Crippen LogP contribution in [0.2, 0.25) is 0 Å². The molecule has 0 aromatic carbocycles. The highest BCUT2D eigenvalue weighted by atomic mass is 32.2. The summed E-state index contributed by atoms with van der Waals surface area (Å²) in [6.07, 6.45) is 6.66. The molecular formula is C15H17N3O2S. The number of carbonyl (C=O) groups is 2. The maximum atomic E-state index is 11.6. The first-order valence-electron chi connectivity index (χ1n) is 7.19. The highest BCUT2D eigenvalue weighted by Crippen LogP contribution is 2.30. The molecule has 5 nitrogen and oxygen atoms in total. The molecule has 21 heavy (non-hydrogen) atoms. The Labute approximate surface area is 127 Å². The fraction of sp³-hybridized carbons (Fsp3) is 0.467. The molecule has 3 rings (SSSR count). The van der Waals surface area contributed by atoms with Crippen LogP contribution in [0.4, 0.5) is 0 Å². The van der Waals surface area contributed by atoms with Gasteiger partial charge in [0.25, 0.3) is 0 Å². The third-order valence-electron chi connectivity index (χ3n) is 3.68. The molecule has 1 aromatic rings. The van der Waals surface area contributed by atoms with Gasteiger partial charge in [0.15, 0.2) is 5.78 Å². The number of Topliss-reactive ketones (excluding diaryl/α,β-unsaturated/α-hetero) is 1. The number of hydrogen-bond donors (Lipinski definition) is 1. The van der Waals surface area contributed by atoms with Crippen molar-refractivity contribution in [1.82, 2.24) is 15.3 Å². The highest BCUT2D eigenvalue weighted by molar-refractivity contribution is 8.18. The van der Waals surface area contributed by atoms with Crippen LogP contribution in [0.15, 0.2) is 17.2 Å². The Kier molecular flexibility index (Phi) is 4.45. The van der Waals surface area contributed by atoms with Gasteiger partial charge in [-0.3, -0.25) is 9.59 Å². The molecule has 0 spiro atoms. The smallest absolute Gasteiger partial charge is 0.201 e. The number of piperidine rings is 1. The van der Waals surface area contributed by atoms with E-state index in [1.54, 1.807) is 18.3 Å². The molecule has 0 amide bonds. The van der Waals surface area contributed by atoms with Crippen LogP contribution in [0.25, 0.3) is 6.08 Å². The second-order valence-corrected chi connectivity index (χ2v) is 6.50. The largest absolute Gasteiger partial charge is 0.316 e. The van der Waals surface area contributed by atoms with Crippen molar-refractivity contribution < 1.29 is 9.59 Å². The Balaban J connectivity index is 1.72. The molecule has 1 N–H and O–H groups in total. The van der Waals surface area contributed by atoms with E-state index in [2.05, 4.69) is 15.3 Å². The maximum Gasteiger partial charge on any atom is 0.201 e. The topological polar surface area (TPSA) is 72.0 Å². The fourth-order valence-corrected chi connectivity index (χ4v) is 3.44. The summed E-state index contributed by atoms with van der Waals surface area (Å²) in [5.74, 6) is 1.27. The summed E-state index contributed by atoms with van der Waals surface area (Å²) in [6, 6.07) is 1.77. The van der Waals surface area contributed by atoms with Crippen LogP contribution in [-0.4, -0.2) is 34.0 Å². The second-order valence-electron chi connectivity index (χ2n) is 5.40. The van der Waals surface area contributed by atoms with E-state index in [0.717, 1.165) is 37.1 Å². The van der Waals surface area contributed by atoms with Gasteiger partial charge in [-0.1, -0.05) is 0 Å². The molecule has 110 valence electrons. The number of aromatic nitrogens is 2. The van der Waals surface area contributed by atoms with Crippen molar-refractivity contribution in [3.63, 3.8) is 0 Å². The van der Waals surface area contributed by atoms with Crippen molar-refractivity contribution in [1.29, 1.82) is 0 Å². The summed E-state index contributed by atoms with van der Waals surface area (Å²) >= 11 is 1.01. The van der Waals surface area contributed by atoms with Crippen molar-refractivity contribution in [2.75, 3.05) is 13.1 Å². The highest BCUT2D eigenvalue weighted by Gasteiger charge is 2.26. The number of allylic oxidation sites excluding steroid dienone is 1. The van der Waals surface area contributed by atoms with Gasteiger partial charge in [0.05, 0.1) is 17.0 Å². The van der Waals surface area contributed by atoms with Crippen LogP contribution in [0, 0.1) is 5.92 Å². The zero-order valence-electron chi connectivity index (χ0n) is 11.7. The van der Waals surface area contributed by atoms with E-state index >= 15 is 0 Å². The Bertz CT molecular complexity index is 594. The number of ketones is 1. The molecule has 6 heteroatoms. The Morgan fingerprint density at radius 2 is 2.33 bits per heavy atom. The van der Waals surface area contributed by atoms with Crippen molar-refractivity contribution >= 4 is 28.7 Å². The lowest BCUT2D eigenvalue weighted by atomic mass is 9.96. The minimum absolute atomic E-state index is 0.00217. The zero-order chi connectivity index (χ0) is 14.7. The van der Waals surface area contributed by atoms with Crippen molar-refractivity contribution in [2.45, 2.75) is 25.7 Å². The van der Waals surface area contributed by atoms with Crippen molar-refractivity contribution in [2.24, 2.45) is 5.92 Å². The van der Waals surface area contributed by atoms with Crippen LogP contribution in [0.3, 0.4) is 0 Å². The minimum atomic E-state index is -0.110. The lowest BCUT2D eigenvalue weighted by Crippen LogP contribution is -2.31. The zero-order valence-corrected chi connectivity index (χ0v) is 12.5. The second kappa shape index (κ2) is 6.49. The summed E-state index contributed by atoms with van der Waals surface area (Å²) in [6.45, 7) is 2.11. The monoisotopic (exact) mass is 303 g/mol. The average Bonchev–Trinajstić information content (AvgIpc) is 2.78. The summed E-state index contributed by atoms with van der Waals surface area (Å²) in [7, 11) is 0. The lowest BCUT2D eigenvalue weighted by Gasteiger charge is -2.21. The fourth-order valence-electron chi connectivity index (χ4n) is 2.63. The van der Waals surface area contributed by atoms with Gasteiger partial charge < -0.3 is 5.32 Å². The van der Waals surface area contributed by atoms with Gasteiger partial charge in [0.2, 0.25) is 5.12 Å². The number of rotatable bonds is 3. The average molecular weight is 303 g/mol. The van der Waals surface area contributed by atoms with Crippen molar-refractivity contribution in [3.8, 4) is 0 Å². The van der Waals surface area contributed by atoms with Gasteiger partial charge in [-0.2, -0.15) is 0 Å². The van der Waals surface area contributed by atoms with Crippen LogP contribution in [0.1, 0.15) is 30.8 Å². The molecule has 0 aliphatic carbocycles. The SMILES string of the molecule is O=C1CC(=O)/C(=C/c2ccnc(C[C@@H]3CCCNC3)n2)S1. The van der Waals surface area contributed by atoms with Gasteiger partial charge in [0.1, 0.15) is 5.82 Å². The normalized spacial score (nSPS) is 24.8. The molecule has 1 atom stereocenters. The number of carbonyl (C=O) groups excluding carboxylic acids is 2. The van der Waals surface area contributed by atoms with Gasteiger partial charge in [-0.25, -0.2) is 9.97 Å². The molecule has 0 unspecified atom stereocenters. The first kappa shape index (κ1) is 14.4. The van der Waals surface area contributed by atoms with Crippen LogP contribution in [0.5, 0.6) is 0 Å². The molecule has 3 heterocycles. The maximum absolute atomic E-state index is 11.6. The molecule has 1 aromatic heterocycles. The molecule has 2 fully saturated rings. The van der Waals surface area contributed by atoms with E-state index in [0.29, 0.717) is 16.5 Å². The third kappa shape index (κ3) is 3.77. The number of hydrogen-bond acceptors (Lipinski definition) is 6. The predicted octanol–water partition coefficient (Wildman–Crippen LogP) is 1.59. The molecule has 0 saturated carbocycles. The van der Waals surface area contributed by atoms with Gasteiger partial charge in [-0.05, 0) is 55.8 Å². The van der Waals surface area contributed by atoms with E-state index in [1.807, 2.05) is 0 Å². The van der Waals surface area contributed by atoms with Crippen LogP contribution < -0.4 is 5.32 Å². The molecule has 0 radical (unpaired) electrons. The summed E-state index contributed by atoms with van der Waals surface area (Å²) in [5, 5.41) is 3.30. The molecule has 0 bridgehead atoms. The molecule has 2 saturated heterocycles. The Morgan fingerprint density at radius 3 is 3.05 bits per heavy atom. The first-order valence-corrected chi connectivity index (χ1v) is 8.00. The number of nitrogens with zero attached hydrogens (tertiary/aromatic N) is 2. The first-order chi connectivity index (χ1) is 10.2. The Hall–Kier alpha value is -1.53. The van der Waals surface area contributed by atoms with E-state index in [9.17, 15) is 9.59 Å². The van der Waals surface area contributed by atoms with Crippen LogP contribution in [-0.2, 0) is 16.0 Å². The standard InChI is InChI=1S/C15H17N3O2S/c19-12-8-15(20)21-13(12)7-11-3-5-17-14(18-11)6-10-2-1-4-16-9-10/h3,5,7,10,16H,1-2,4,6,8-9H2/b13-7-/t10-/m0/s1. The minimum Gasteiger partial charge on any atom is -0.316 e. The van der Waals surface area contributed by atoms with Gasteiger partial charge >= 0.3 is 0 Å². The predicted molar refractivity (Wildman–Crippen MR) is 81.5 cm³/mol. The number of thioether (sulfide) groups is 1. The molecule has 2 aliphatic heterocycles. The van der Waals surface area contributed by atoms with E-state index in [4.69, 9.17) is 0 Å². The van der Waals surface area contributed by atoms with Gasteiger partial charge in [0, 0.05) is 12.6 Å². The number of nitrogens with one attached hydrogen (secondary N) is 1. The van der Waals surface area contributed by atoms with E-state index in [-0.39, 0.29) is 17.3 Å². The van der Waals surface area contributed by atoms with Crippen molar-refractivity contribution in [3.05, 3.63) is 28.7 Å².